The summed E-state index contributed by atoms with van der Waals surface area (Å²) in [6, 6.07) is 0. The number of rotatable bonds is 5. The molecular weight excluding hydrogens is 392 g/mol. The Morgan fingerprint density at radius 1 is 1.10 bits per heavy atom. The number of hydrogen-bond donors (Lipinski definition) is 1. The number of aromatic nitrogens is 2. The van der Waals surface area contributed by atoms with Crippen molar-refractivity contribution in [3.63, 3.8) is 0 Å². The topological polar surface area (TPSA) is 56.7 Å². The summed E-state index contributed by atoms with van der Waals surface area (Å²) >= 11 is 2.03. The van der Waals surface area contributed by atoms with Crippen LogP contribution in [0.5, 0.6) is 0 Å². The van der Waals surface area contributed by atoms with E-state index in [4.69, 9.17) is 4.99 Å². The lowest BCUT2D eigenvalue weighted by atomic mass is 9.73. The highest BCUT2D eigenvalue weighted by atomic mass is 32.2. The molecule has 0 unspecified atom stereocenters. The van der Waals surface area contributed by atoms with Crippen LogP contribution in [0, 0.1) is 12.8 Å². The quantitative estimate of drug-likeness (QED) is 0.773. The second-order valence-corrected chi connectivity index (χ2v) is 11.4. The zero-order valence-corrected chi connectivity index (χ0v) is 20.0. The van der Waals surface area contributed by atoms with Gasteiger partial charge in [-0.2, -0.15) is 0 Å². The lowest BCUT2D eigenvalue weighted by molar-refractivity contribution is 0.128. The molecule has 0 aromatic carbocycles. The van der Waals surface area contributed by atoms with E-state index in [1.54, 1.807) is 0 Å². The summed E-state index contributed by atoms with van der Waals surface area (Å²) in [4.78, 5) is 18.8. The summed E-state index contributed by atoms with van der Waals surface area (Å²) in [5.74, 6) is 0.879. The van der Waals surface area contributed by atoms with Gasteiger partial charge in [0.1, 0.15) is 0 Å². The van der Waals surface area contributed by atoms with E-state index < -0.39 is 0 Å². The second-order valence-electron chi connectivity index (χ2n) is 9.98. The molecule has 1 N–H and O–H groups in total. The molecule has 3 aliphatic rings. The number of aryl methyl sites for hydroxylation is 1. The zero-order chi connectivity index (χ0) is 21.2. The van der Waals surface area contributed by atoms with E-state index in [0.29, 0.717) is 4.75 Å². The van der Waals surface area contributed by atoms with E-state index in [1.165, 1.54) is 30.9 Å². The van der Waals surface area contributed by atoms with E-state index in [0.717, 1.165) is 63.1 Å². The molecule has 3 heterocycles. The molecule has 6 nitrogen and oxygen atoms in total. The van der Waals surface area contributed by atoms with Crippen molar-refractivity contribution in [3.05, 3.63) is 23.8 Å². The molecule has 0 radical (unpaired) electrons. The van der Waals surface area contributed by atoms with Gasteiger partial charge in [0.25, 0.3) is 0 Å². The third-order valence-electron chi connectivity index (χ3n) is 7.29. The molecule has 1 aromatic rings. The van der Waals surface area contributed by atoms with Gasteiger partial charge in [-0.1, -0.05) is 18.7 Å². The number of nitrogens with zero attached hydrogens (tertiary/aromatic N) is 5. The number of aliphatic imine (C=N–C) groups is 1. The monoisotopic (exact) mass is 430 g/mol. The lowest BCUT2D eigenvalue weighted by Gasteiger charge is -2.43. The van der Waals surface area contributed by atoms with Crippen molar-refractivity contribution in [2.24, 2.45) is 10.9 Å². The number of amidine groups is 1. The molecule has 1 aromatic heterocycles. The lowest BCUT2D eigenvalue weighted by Crippen LogP contribution is -2.52. The summed E-state index contributed by atoms with van der Waals surface area (Å²) in [6.07, 6.45) is 9.09. The fourth-order valence-electron chi connectivity index (χ4n) is 4.94. The average Bonchev–Trinajstić information content (AvgIpc) is 2.97. The molecule has 2 aliphatic heterocycles. The third-order valence-corrected chi connectivity index (χ3v) is 9.02. The minimum Gasteiger partial charge on any atom is -0.359 e. The van der Waals surface area contributed by atoms with Crippen LogP contribution in [0.2, 0.25) is 0 Å². The van der Waals surface area contributed by atoms with Crippen LogP contribution >= 0.6 is 11.8 Å². The van der Waals surface area contributed by atoms with Crippen molar-refractivity contribution in [1.82, 2.24) is 25.1 Å². The Hall–Kier alpha value is -1.18. The third kappa shape index (κ3) is 5.00. The van der Waals surface area contributed by atoms with Gasteiger partial charge in [0.05, 0.1) is 17.9 Å². The molecule has 0 atom stereocenters. The molecule has 3 fully saturated rings. The zero-order valence-electron chi connectivity index (χ0n) is 19.2. The molecule has 30 heavy (non-hydrogen) atoms. The predicted octanol–water partition coefficient (Wildman–Crippen LogP) is 3.32. The van der Waals surface area contributed by atoms with E-state index >= 15 is 0 Å². The average molecular weight is 431 g/mol. The fraction of sp³-hybridized carbons (Fsp3) is 0.783. The molecule has 0 amide bonds. The fourth-order valence-corrected chi connectivity index (χ4v) is 6.52. The highest BCUT2D eigenvalue weighted by Gasteiger charge is 2.53. The molecule has 1 aliphatic carbocycles. The van der Waals surface area contributed by atoms with Crippen molar-refractivity contribution in [2.45, 2.75) is 70.2 Å². The minimum absolute atomic E-state index is 0.140. The first-order valence-corrected chi connectivity index (χ1v) is 12.4. The van der Waals surface area contributed by atoms with Crippen LogP contribution in [0.1, 0.15) is 57.8 Å². The summed E-state index contributed by atoms with van der Waals surface area (Å²) in [6.45, 7) is 16.4. The largest absolute Gasteiger partial charge is 0.359 e. The Morgan fingerprint density at radius 2 is 1.80 bits per heavy atom. The molecule has 166 valence electrons. The minimum atomic E-state index is 0.140. The van der Waals surface area contributed by atoms with Crippen LogP contribution in [0.3, 0.4) is 0 Å². The predicted molar refractivity (Wildman–Crippen MR) is 126 cm³/mol. The molecule has 1 spiro atoms. The van der Waals surface area contributed by atoms with Crippen LogP contribution < -0.4 is 5.32 Å². The molecule has 4 rings (SSSR count). The Balaban J connectivity index is 1.21. The molecule has 7 heteroatoms. The van der Waals surface area contributed by atoms with Gasteiger partial charge in [-0.05, 0) is 52.4 Å². The van der Waals surface area contributed by atoms with Crippen LogP contribution in [-0.2, 0) is 6.54 Å². The standard InChI is InChI=1S/C23H38N6S/c1-18-5-7-23(8-6-18)22(3,4)27-21(30-23)24-9-10-28-11-13-29(14-12-28)17-20-16-25-19(2)15-26-20/h15-16,18H,5-14,17H2,1-4H3,(H,24,27). The Labute approximate surface area is 186 Å². The first-order valence-electron chi connectivity index (χ1n) is 11.6. The van der Waals surface area contributed by atoms with Crippen LogP contribution in [-0.4, -0.2) is 74.5 Å². The Kier molecular flexibility index (Phi) is 6.70. The maximum absolute atomic E-state index is 4.97. The second kappa shape index (κ2) is 9.13. The van der Waals surface area contributed by atoms with E-state index in [-0.39, 0.29) is 5.54 Å². The first-order chi connectivity index (χ1) is 14.4. The number of nitrogens with one attached hydrogen (secondary N) is 1. The molecule has 1 saturated carbocycles. The van der Waals surface area contributed by atoms with Gasteiger partial charge in [0, 0.05) is 61.9 Å². The van der Waals surface area contributed by atoms with Crippen molar-refractivity contribution >= 4 is 16.9 Å². The Bertz CT molecular complexity index is 731. The van der Waals surface area contributed by atoms with E-state index in [2.05, 4.69) is 45.9 Å². The number of thioether (sulfide) groups is 1. The highest BCUT2D eigenvalue weighted by Crippen LogP contribution is 2.52. The highest BCUT2D eigenvalue weighted by molar-refractivity contribution is 8.15. The summed E-state index contributed by atoms with van der Waals surface area (Å²) in [5.41, 5.74) is 2.19. The van der Waals surface area contributed by atoms with Crippen molar-refractivity contribution in [3.8, 4) is 0 Å². The van der Waals surface area contributed by atoms with Gasteiger partial charge in [0.2, 0.25) is 0 Å². The first kappa shape index (κ1) is 22.0. The van der Waals surface area contributed by atoms with Crippen molar-refractivity contribution < 1.29 is 0 Å². The van der Waals surface area contributed by atoms with Crippen LogP contribution in [0.15, 0.2) is 17.4 Å². The summed E-state index contributed by atoms with van der Waals surface area (Å²) < 4.78 is 0.336. The maximum Gasteiger partial charge on any atom is 0.157 e. The van der Waals surface area contributed by atoms with Gasteiger partial charge in [-0.25, -0.2) is 0 Å². The number of piperazine rings is 1. The van der Waals surface area contributed by atoms with E-state index in [9.17, 15) is 0 Å². The van der Waals surface area contributed by atoms with E-state index in [1.807, 2.05) is 31.1 Å². The molecular formula is C23H38N6S. The number of hydrogen-bond acceptors (Lipinski definition) is 6. The SMILES string of the molecule is Cc1cnc(CN2CCN(CCN=C3NC(C)(C)C4(CCC(C)CC4)S3)CC2)cn1. The smallest absolute Gasteiger partial charge is 0.157 e. The van der Waals surface area contributed by atoms with Gasteiger partial charge < -0.3 is 5.32 Å². The van der Waals surface area contributed by atoms with Gasteiger partial charge in [-0.3, -0.25) is 24.8 Å². The molecule has 0 bridgehead atoms. The Morgan fingerprint density at radius 3 is 2.47 bits per heavy atom. The van der Waals surface area contributed by atoms with Gasteiger partial charge in [-0.15, -0.1) is 0 Å². The van der Waals surface area contributed by atoms with Crippen molar-refractivity contribution in [1.29, 1.82) is 0 Å². The summed E-state index contributed by atoms with van der Waals surface area (Å²) in [5, 5.41) is 4.93. The van der Waals surface area contributed by atoms with Gasteiger partial charge in [0.15, 0.2) is 5.17 Å². The van der Waals surface area contributed by atoms with Gasteiger partial charge >= 0.3 is 0 Å². The van der Waals surface area contributed by atoms with Crippen LogP contribution in [0.4, 0.5) is 0 Å². The van der Waals surface area contributed by atoms with Crippen LogP contribution in [0.25, 0.3) is 0 Å². The maximum atomic E-state index is 4.97. The van der Waals surface area contributed by atoms with Crippen molar-refractivity contribution in [2.75, 3.05) is 39.3 Å². The normalized spacial score (nSPS) is 31.3. The molecule has 2 saturated heterocycles. The summed E-state index contributed by atoms with van der Waals surface area (Å²) in [7, 11) is 0.